The molecule has 6 nitrogen and oxygen atoms in total. The van der Waals surface area contributed by atoms with E-state index in [2.05, 4.69) is 5.32 Å². The number of carbonyl (C=O) groups excluding carboxylic acids is 2. The fourth-order valence-electron chi connectivity index (χ4n) is 2.93. The van der Waals surface area contributed by atoms with Gasteiger partial charge in [-0.3, -0.25) is 9.59 Å². The van der Waals surface area contributed by atoms with Gasteiger partial charge in [-0.2, -0.15) is 0 Å². The molecular formula is C23H30N2O4. The van der Waals surface area contributed by atoms with Gasteiger partial charge in [-0.05, 0) is 51.0 Å². The van der Waals surface area contributed by atoms with E-state index < -0.39 is 0 Å². The minimum Gasteiger partial charge on any atom is -0.490 e. The SMILES string of the molecule is CCOc1ccc(C(=O)NCC(=O)N(CC)CCc2ccccc2)cc1OCC. The summed E-state index contributed by atoms with van der Waals surface area (Å²) in [5.74, 6) is 0.695. The molecule has 2 aromatic carbocycles. The van der Waals surface area contributed by atoms with Crippen LogP contribution < -0.4 is 14.8 Å². The minimum absolute atomic E-state index is 0.0430. The molecule has 29 heavy (non-hydrogen) atoms. The summed E-state index contributed by atoms with van der Waals surface area (Å²) in [4.78, 5) is 26.7. The molecule has 0 fully saturated rings. The molecule has 0 radical (unpaired) electrons. The van der Waals surface area contributed by atoms with Crippen LogP contribution in [0.15, 0.2) is 48.5 Å². The van der Waals surface area contributed by atoms with Crippen molar-refractivity contribution in [3.63, 3.8) is 0 Å². The molecule has 2 rings (SSSR count). The first-order chi connectivity index (χ1) is 14.1. The third kappa shape index (κ3) is 6.82. The second-order valence-corrected chi connectivity index (χ2v) is 6.42. The fraction of sp³-hybridized carbons (Fsp3) is 0.391. The average molecular weight is 399 g/mol. The Hall–Kier alpha value is -3.02. The normalized spacial score (nSPS) is 10.3. The molecule has 0 aliphatic carbocycles. The Morgan fingerprint density at radius 3 is 2.28 bits per heavy atom. The van der Waals surface area contributed by atoms with Crippen molar-refractivity contribution in [1.82, 2.24) is 10.2 Å². The molecule has 2 amide bonds. The molecular weight excluding hydrogens is 368 g/mol. The van der Waals surface area contributed by atoms with Crippen LogP contribution in [0.5, 0.6) is 11.5 Å². The van der Waals surface area contributed by atoms with Gasteiger partial charge in [0.05, 0.1) is 19.8 Å². The molecule has 0 atom stereocenters. The van der Waals surface area contributed by atoms with E-state index in [4.69, 9.17) is 9.47 Å². The molecule has 0 spiro atoms. The van der Waals surface area contributed by atoms with Crippen LogP contribution in [-0.2, 0) is 11.2 Å². The zero-order valence-electron chi connectivity index (χ0n) is 17.4. The summed E-state index contributed by atoms with van der Waals surface area (Å²) in [6, 6.07) is 15.1. The Morgan fingerprint density at radius 1 is 0.931 bits per heavy atom. The highest BCUT2D eigenvalue weighted by Crippen LogP contribution is 2.28. The largest absolute Gasteiger partial charge is 0.490 e. The van der Waals surface area contributed by atoms with Crippen LogP contribution in [0.25, 0.3) is 0 Å². The Morgan fingerprint density at radius 2 is 1.62 bits per heavy atom. The topological polar surface area (TPSA) is 67.9 Å². The molecule has 0 bridgehead atoms. The smallest absolute Gasteiger partial charge is 0.251 e. The molecule has 0 saturated heterocycles. The highest BCUT2D eigenvalue weighted by Gasteiger charge is 2.15. The van der Waals surface area contributed by atoms with Crippen LogP contribution in [-0.4, -0.2) is 49.6 Å². The van der Waals surface area contributed by atoms with Crippen molar-refractivity contribution in [1.29, 1.82) is 0 Å². The number of nitrogens with zero attached hydrogens (tertiary/aromatic N) is 1. The summed E-state index contributed by atoms with van der Waals surface area (Å²) in [7, 11) is 0. The van der Waals surface area contributed by atoms with E-state index in [-0.39, 0.29) is 18.4 Å². The first-order valence-electron chi connectivity index (χ1n) is 10.1. The average Bonchev–Trinajstić information content (AvgIpc) is 2.74. The van der Waals surface area contributed by atoms with Gasteiger partial charge < -0.3 is 19.7 Å². The summed E-state index contributed by atoms with van der Waals surface area (Å²) in [6.45, 7) is 7.84. The number of hydrogen-bond donors (Lipinski definition) is 1. The third-order valence-electron chi connectivity index (χ3n) is 4.45. The molecule has 0 heterocycles. The zero-order valence-corrected chi connectivity index (χ0v) is 17.4. The first-order valence-corrected chi connectivity index (χ1v) is 10.1. The van der Waals surface area contributed by atoms with Crippen LogP contribution in [0.3, 0.4) is 0 Å². The van der Waals surface area contributed by atoms with E-state index in [0.717, 1.165) is 6.42 Å². The highest BCUT2D eigenvalue weighted by molar-refractivity contribution is 5.97. The lowest BCUT2D eigenvalue weighted by molar-refractivity contribution is -0.129. The van der Waals surface area contributed by atoms with Crippen molar-refractivity contribution >= 4 is 11.8 Å². The molecule has 0 unspecified atom stereocenters. The number of ether oxygens (including phenoxy) is 2. The molecule has 2 aromatic rings. The van der Waals surface area contributed by atoms with Gasteiger partial charge in [-0.25, -0.2) is 0 Å². The standard InChI is InChI=1S/C23H30N2O4/c1-4-25(15-14-18-10-8-7-9-11-18)22(26)17-24-23(27)19-12-13-20(28-5-2)21(16-19)29-6-3/h7-13,16H,4-6,14-15,17H2,1-3H3,(H,24,27). The molecule has 1 N–H and O–H groups in total. The van der Waals surface area contributed by atoms with Gasteiger partial charge in [0.25, 0.3) is 5.91 Å². The van der Waals surface area contributed by atoms with Crippen LogP contribution in [0.2, 0.25) is 0 Å². The maximum absolute atomic E-state index is 12.5. The molecule has 0 aliphatic rings. The Balaban J connectivity index is 1.92. The van der Waals surface area contributed by atoms with Gasteiger partial charge in [0.15, 0.2) is 11.5 Å². The highest BCUT2D eigenvalue weighted by atomic mass is 16.5. The number of rotatable bonds is 11. The van der Waals surface area contributed by atoms with E-state index in [9.17, 15) is 9.59 Å². The maximum Gasteiger partial charge on any atom is 0.251 e. The van der Waals surface area contributed by atoms with Crippen LogP contribution in [0.1, 0.15) is 36.7 Å². The number of carbonyl (C=O) groups is 2. The van der Waals surface area contributed by atoms with Gasteiger partial charge in [-0.1, -0.05) is 30.3 Å². The van der Waals surface area contributed by atoms with Crippen molar-refractivity contribution in [2.24, 2.45) is 0 Å². The van der Waals surface area contributed by atoms with Crippen LogP contribution in [0, 0.1) is 0 Å². The van der Waals surface area contributed by atoms with Crippen molar-refractivity contribution in [2.45, 2.75) is 27.2 Å². The monoisotopic (exact) mass is 398 g/mol. The summed E-state index contributed by atoms with van der Waals surface area (Å²) in [5.41, 5.74) is 1.61. The third-order valence-corrected chi connectivity index (χ3v) is 4.45. The van der Waals surface area contributed by atoms with E-state index in [1.165, 1.54) is 5.56 Å². The molecule has 0 saturated carbocycles. The van der Waals surface area contributed by atoms with Crippen molar-refractivity contribution in [2.75, 3.05) is 32.8 Å². The first kappa shape index (κ1) is 22.3. The summed E-state index contributed by atoms with van der Waals surface area (Å²) >= 11 is 0. The number of benzene rings is 2. The van der Waals surface area contributed by atoms with Crippen molar-refractivity contribution in [3.05, 3.63) is 59.7 Å². The quantitative estimate of drug-likeness (QED) is 0.631. The Bertz CT molecular complexity index is 793. The lowest BCUT2D eigenvalue weighted by Gasteiger charge is -2.21. The van der Waals surface area contributed by atoms with Crippen LogP contribution >= 0.6 is 0 Å². The summed E-state index contributed by atoms with van der Waals surface area (Å²) in [6.07, 6.45) is 0.783. The minimum atomic E-state index is -0.318. The van der Waals surface area contributed by atoms with Gasteiger partial charge in [0.2, 0.25) is 5.91 Å². The number of nitrogens with one attached hydrogen (secondary N) is 1. The van der Waals surface area contributed by atoms with Crippen molar-refractivity contribution < 1.29 is 19.1 Å². The predicted octanol–water partition coefficient (Wildman–Crippen LogP) is 3.31. The van der Waals surface area contributed by atoms with E-state index in [0.29, 0.717) is 43.4 Å². The second-order valence-electron chi connectivity index (χ2n) is 6.42. The van der Waals surface area contributed by atoms with Gasteiger partial charge in [-0.15, -0.1) is 0 Å². The second kappa shape index (κ2) is 11.7. The van der Waals surface area contributed by atoms with Gasteiger partial charge in [0, 0.05) is 18.7 Å². The Kier molecular flexibility index (Phi) is 9.02. The number of hydrogen-bond acceptors (Lipinski definition) is 4. The van der Waals surface area contributed by atoms with Crippen molar-refractivity contribution in [3.8, 4) is 11.5 Å². The van der Waals surface area contributed by atoms with Gasteiger partial charge >= 0.3 is 0 Å². The molecule has 0 aromatic heterocycles. The predicted molar refractivity (Wildman–Crippen MR) is 114 cm³/mol. The van der Waals surface area contributed by atoms with E-state index in [1.54, 1.807) is 23.1 Å². The zero-order chi connectivity index (χ0) is 21.1. The van der Waals surface area contributed by atoms with Gasteiger partial charge in [0.1, 0.15) is 0 Å². The molecule has 6 heteroatoms. The summed E-state index contributed by atoms with van der Waals surface area (Å²) in [5, 5.41) is 2.71. The van der Waals surface area contributed by atoms with Crippen LogP contribution in [0.4, 0.5) is 0 Å². The number of likely N-dealkylation sites (N-methyl/N-ethyl adjacent to an activating group) is 1. The summed E-state index contributed by atoms with van der Waals surface area (Å²) < 4.78 is 11.1. The maximum atomic E-state index is 12.5. The lowest BCUT2D eigenvalue weighted by atomic mass is 10.1. The van der Waals surface area contributed by atoms with E-state index >= 15 is 0 Å². The number of amides is 2. The van der Waals surface area contributed by atoms with E-state index in [1.807, 2.05) is 51.1 Å². The fourth-order valence-corrected chi connectivity index (χ4v) is 2.93. The Labute approximate surface area is 172 Å². The molecule has 0 aliphatic heterocycles. The molecule has 156 valence electrons. The lowest BCUT2D eigenvalue weighted by Crippen LogP contribution is -2.41.